The van der Waals surface area contributed by atoms with Crippen molar-refractivity contribution >= 4 is 18.6 Å². The van der Waals surface area contributed by atoms with Crippen LogP contribution in [-0.4, -0.2) is 36.3 Å². The number of hydrogen-bond acceptors (Lipinski definition) is 5. The first-order valence-electron chi connectivity index (χ1n) is 4.75. The van der Waals surface area contributed by atoms with Crippen LogP contribution in [0.15, 0.2) is 24.3 Å². The lowest BCUT2D eigenvalue weighted by molar-refractivity contribution is -0.147. The van der Waals surface area contributed by atoms with E-state index in [0.717, 1.165) is 0 Å². The van der Waals surface area contributed by atoms with E-state index >= 15 is 0 Å². The second kappa shape index (κ2) is 5.53. The number of carbonyl (C=O) groups is 1. The van der Waals surface area contributed by atoms with Crippen LogP contribution in [0.1, 0.15) is 6.92 Å². The normalized spacial score (nSPS) is 11.8. The summed E-state index contributed by atoms with van der Waals surface area (Å²) in [6.07, 6.45) is -0.699. The van der Waals surface area contributed by atoms with Gasteiger partial charge in [0.25, 0.3) is 0 Å². The van der Waals surface area contributed by atoms with E-state index in [9.17, 15) is 4.79 Å². The predicted octanol–water partition coefficient (Wildman–Crippen LogP) is -0.693. The van der Waals surface area contributed by atoms with Gasteiger partial charge in [-0.15, -0.1) is 0 Å². The average Bonchev–Trinajstić information content (AvgIpc) is 2.28. The van der Waals surface area contributed by atoms with Gasteiger partial charge in [0.2, 0.25) is 0 Å². The number of methoxy groups -OCH3 is 1. The van der Waals surface area contributed by atoms with Crippen LogP contribution in [0, 0.1) is 0 Å². The van der Waals surface area contributed by atoms with Crippen molar-refractivity contribution in [3.05, 3.63) is 24.3 Å². The number of carbonyl (C=O) groups excluding carboxylic acids is 1. The maximum Gasteiger partial charge on any atom is 0.488 e. The molecule has 0 saturated heterocycles. The Labute approximate surface area is 93.8 Å². The van der Waals surface area contributed by atoms with Crippen LogP contribution in [0.25, 0.3) is 0 Å². The molecule has 0 bridgehead atoms. The first-order valence-corrected chi connectivity index (χ1v) is 4.75. The van der Waals surface area contributed by atoms with Crippen molar-refractivity contribution in [3.63, 3.8) is 0 Å². The molecule has 0 heterocycles. The molecular formula is C10H13BO5. The Morgan fingerprint density at radius 3 is 2.31 bits per heavy atom. The molecule has 0 fully saturated rings. The van der Waals surface area contributed by atoms with Crippen LogP contribution >= 0.6 is 0 Å². The summed E-state index contributed by atoms with van der Waals surface area (Å²) in [4.78, 5) is 11.1. The molecule has 0 aliphatic carbocycles. The summed E-state index contributed by atoms with van der Waals surface area (Å²) >= 11 is 0. The first kappa shape index (κ1) is 12.5. The molecule has 2 N–H and O–H groups in total. The lowest BCUT2D eigenvalue weighted by Crippen LogP contribution is -2.29. The Kier molecular flexibility index (Phi) is 4.33. The zero-order valence-corrected chi connectivity index (χ0v) is 9.08. The fourth-order valence-electron chi connectivity index (χ4n) is 1.14. The molecular weight excluding hydrogens is 211 g/mol. The Morgan fingerprint density at radius 1 is 1.31 bits per heavy atom. The Bertz CT molecular complexity index is 349. The molecule has 5 nitrogen and oxygen atoms in total. The van der Waals surface area contributed by atoms with Crippen molar-refractivity contribution in [2.45, 2.75) is 13.0 Å². The summed E-state index contributed by atoms with van der Waals surface area (Å²) in [7, 11) is -0.222. The van der Waals surface area contributed by atoms with Crippen LogP contribution in [0.2, 0.25) is 0 Å². The van der Waals surface area contributed by atoms with Gasteiger partial charge in [0, 0.05) is 0 Å². The van der Waals surface area contributed by atoms with Gasteiger partial charge < -0.3 is 19.5 Å². The van der Waals surface area contributed by atoms with Crippen LogP contribution < -0.4 is 10.2 Å². The van der Waals surface area contributed by atoms with Gasteiger partial charge in [-0.3, -0.25) is 0 Å². The van der Waals surface area contributed by atoms with Gasteiger partial charge in [0.05, 0.1) is 7.11 Å². The quantitative estimate of drug-likeness (QED) is 0.522. The summed E-state index contributed by atoms with van der Waals surface area (Å²) < 4.78 is 9.77. The number of rotatable bonds is 4. The SMILES string of the molecule is COC(=O)[C@@H](C)Oc1ccc(B(O)O)cc1. The first-order chi connectivity index (χ1) is 7.54. The maximum atomic E-state index is 11.1. The van der Waals surface area contributed by atoms with Crippen molar-refractivity contribution < 1.29 is 24.3 Å². The molecule has 0 aromatic heterocycles. The smallest absolute Gasteiger partial charge is 0.479 e. The van der Waals surface area contributed by atoms with Gasteiger partial charge in [0.15, 0.2) is 6.10 Å². The third-order valence-electron chi connectivity index (χ3n) is 2.02. The standard InChI is InChI=1S/C10H13BO5/c1-7(10(12)15-2)16-9-5-3-8(4-6-9)11(13)14/h3-7,13-14H,1-2H3/t7-/m1/s1. The highest BCUT2D eigenvalue weighted by molar-refractivity contribution is 6.58. The Balaban J connectivity index is 2.65. The molecule has 1 rings (SSSR count). The van der Waals surface area contributed by atoms with Gasteiger partial charge in [-0.1, -0.05) is 12.1 Å². The van der Waals surface area contributed by atoms with Crippen molar-refractivity contribution in [2.75, 3.05) is 7.11 Å². The molecule has 0 aliphatic heterocycles. The molecule has 86 valence electrons. The molecule has 1 atom stereocenters. The van der Waals surface area contributed by atoms with Gasteiger partial charge in [0.1, 0.15) is 5.75 Å². The topological polar surface area (TPSA) is 76.0 Å². The van der Waals surface area contributed by atoms with E-state index in [1.165, 1.54) is 19.2 Å². The highest BCUT2D eigenvalue weighted by Crippen LogP contribution is 2.10. The lowest BCUT2D eigenvalue weighted by atomic mass is 9.80. The second-order valence-corrected chi connectivity index (χ2v) is 3.23. The van der Waals surface area contributed by atoms with Crippen molar-refractivity contribution in [2.24, 2.45) is 0 Å². The zero-order chi connectivity index (χ0) is 12.1. The van der Waals surface area contributed by atoms with Crippen molar-refractivity contribution in [1.82, 2.24) is 0 Å². The third-order valence-corrected chi connectivity index (χ3v) is 2.02. The third kappa shape index (κ3) is 3.25. The molecule has 1 aromatic carbocycles. The van der Waals surface area contributed by atoms with Gasteiger partial charge in [-0.2, -0.15) is 0 Å². The van der Waals surface area contributed by atoms with Gasteiger partial charge >= 0.3 is 13.1 Å². The van der Waals surface area contributed by atoms with Crippen molar-refractivity contribution in [1.29, 1.82) is 0 Å². The maximum absolute atomic E-state index is 11.1. The Hall–Kier alpha value is -1.53. The largest absolute Gasteiger partial charge is 0.488 e. The fourth-order valence-corrected chi connectivity index (χ4v) is 1.14. The van der Waals surface area contributed by atoms with Crippen LogP contribution in [0.4, 0.5) is 0 Å². The van der Waals surface area contributed by atoms with Crippen molar-refractivity contribution in [3.8, 4) is 5.75 Å². The summed E-state index contributed by atoms with van der Waals surface area (Å²) in [5, 5.41) is 17.7. The molecule has 0 unspecified atom stereocenters. The lowest BCUT2D eigenvalue weighted by Gasteiger charge is -2.12. The highest BCUT2D eigenvalue weighted by atomic mass is 16.6. The summed E-state index contributed by atoms with van der Waals surface area (Å²) in [5.41, 5.74) is 0.359. The molecule has 6 heteroatoms. The highest BCUT2D eigenvalue weighted by Gasteiger charge is 2.15. The average molecular weight is 224 g/mol. The summed E-state index contributed by atoms with van der Waals surface area (Å²) in [6, 6.07) is 6.11. The van der Waals surface area contributed by atoms with E-state index in [2.05, 4.69) is 4.74 Å². The van der Waals surface area contributed by atoms with E-state index in [1.807, 2.05) is 0 Å². The molecule has 0 spiro atoms. The number of esters is 1. The fraction of sp³-hybridized carbons (Fsp3) is 0.300. The number of ether oxygens (including phenoxy) is 2. The number of benzene rings is 1. The van der Waals surface area contributed by atoms with E-state index in [4.69, 9.17) is 14.8 Å². The molecule has 0 saturated carbocycles. The van der Waals surface area contributed by atoms with Crippen LogP contribution in [-0.2, 0) is 9.53 Å². The van der Waals surface area contributed by atoms with E-state index in [-0.39, 0.29) is 0 Å². The minimum Gasteiger partial charge on any atom is -0.479 e. The monoisotopic (exact) mass is 224 g/mol. The zero-order valence-electron chi connectivity index (χ0n) is 9.08. The van der Waals surface area contributed by atoms with Gasteiger partial charge in [-0.25, -0.2) is 4.79 Å². The van der Waals surface area contributed by atoms with Crippen LogP contribution in [0.5, 0.6) is 5.75 Å². The van der Waals surface area contributed by atoms with E-state index in [0.29, 0.717) is 11.2 Å². The molecule has 16 heavy (non-hydrogen) atoms. The number of hydrogen-bond donors (Lipinski definition) is 2. The molecule has 0 aliphatic rings. The van der Waals surface area contributed by atoms with Crippen LogP contribution in [0.3, 0.4) is 0 Å². The van der Waals surface area contributed by atoms with E-state index < -0.39 is 19.2 Å². The predicted molar refractivity (Wildman–Crippen MR) is 58.4 cm³/mol. The molecule has 1 aromatic rings. The molecule has 0 radical (unpaired) electrons. The Morgan fingerprint density at radius 2 is 1.88 bits per heavy atom. The van der Waals surface area contributed by atoms with E-state index in [1.54, 1.807) is 19.1 Å². The minimum atomic E-state index is -1.51. The summed E-state index contributed by atoms with van der Waals surface area (Å²) in [6.45, 7) is 1.57. The van der Waals surface area contributed by atoms with Gasteiger partial charge in [-0.05, 0) is 24.5 Å². The summed E-state index contributed by atoms with van der Waals surface area (Å²) in [5.74, 6) is -0.00595. The molecule has 0 amide bonds. The second-order valence-electron chi connectivity index (χ2n) is 3.23. The minimum absolute atomic E-state index is 0.359.